The molecule has 0 aliphatic carbocycles. The standard InChI is InChI=1S/C25H33N3O4/c1-5-6-13-27-20-11-10-19-22-17(20)8-7-9-18(22)23(30)28(24(19)31)16-15-26-14-12-21(29)32-25(2,3)4/h7-11,26-27H,5-6,12-16H2,1-4H3. The molecule has 172 valence electrons. The Balaban J connectivity index is 1.66. The van der Waals surface area contributed by atoms with E-state index < -0.39 is 5.60 Å². The maximum absolute atomic E-state index is 13.1. The van der Waals surface area contributed by atoms with Crippen molar-refractivity contribution in [2.24, 2.45) is 0 Å². The van der Waals surface area contributed by atoms with Crippen LogP contribution in [0.4, 0.5) is 5.69 Å². The normalized spacial score (nSPS) is 13.6. The van der Waals surface area contributed by atoms with Crippen molar-refractivity contribution in [1.29, 1.82) is 0 Å². The van der Waals surface area contributed by atoms with Crippen LogP contribution >= 0.6 is 0 Å². The third-order valence-electron chi connectivity index (χ3n) is 5.28. The molecule has 0 unspecified atom stereocenters. The van der Waals surface area contributed by atoms with Crippen LogP contribution < -0.4 is 10.6 Å². The van der Waals surface area contributed by atoms with Crippen LogP contribution in [-0.2, 0) is 9.53 Å². The molecular formula is C25H33N3O4. The van der Waals surface area contributed by atoms with Gasteiger partial charge in [-0.2, -0.15) is 0 Å². The Morgan fingerprint density at radius 3 is 2.41 bits per heavy atom. The maximum Gasteiger partial charge on any atom is 0.307 e. The molecule has 2 N–H and O–H groups in total. The van der Waals surface area contributed by atoms with Gasteiger partial charge in [0.15, 0.2) is 0 Å². The molecule has 0 bridgehead atoms. The molecule has 1 heterocycles. The summed E-state index contributed by atoms with van der Waals surface area (Å²) < 4.78 is 5.28. The van der Waals surface area contributed by atoms with E-state index in [2.05, 4.69) is 17.6 Å². The van der Waals surface area contributed by atoms with Crippen molar-refractivity contribution >= 4 is 34.2 Å². The maximum atomic E-state index is 13.1. The van der Waals surface area contributed by atoms with Crippen molar-refractivity contribution in [2.75, 3.05) is 31.5 Å². The Morgan fingerprint density at radius 1 is 1.00 bits per heavy atom. The Kier molecular flexibility index (Phi) is 7.51. The summed E-state index contributed by atoms with van der Waals surface area (Å²) in [5.74, 6) is -0.848. The topological polar surface area (TPSA) is 87.7 Å². The fourth-order valence-electron chi connectivity index (χ4n) is 3.80. The first kappa shape index (κ1) is 23.7. The molecule has 32 heavy (non-hydrogen) atoms. The molecule has 0 atom stereocenters. The zero-order valence-electron chi connectivity index (χ0n) is 19.4. The SMILES string of the molecule is CCCCNc1ccc2c3c(cccc13)C(=O)N(CCNCCC(=O)OC(C)(C)C)C2=O. The van der Waals surface area contributed by atoms with Crippen molar-refractivity contribution in [3.8, 4) is 0 Å². The van der Waals surface area contributed by atoms with Gasteiger partial charge < -0.3 is 15.4 Å². The van der Waals surface area contributed by atoms with Crippen molar-refractivity contribution in [3.05, 3.63) is 41.5 Å². The van der Waals surface area contributed by atoms with Crippen LogP contribution in [0.25, 0.3) is 10.8 Å². The molecule has 0 fully saturated rings. The van der Waals surface area contributed by atoms with E-state index in [1.807, 2.05) is 39.0 Å². The van der Waals surface area contributed by atoms with Crippen LogP contribution in [0.15, 0.2) is 30.3 Å². The highest BCUT2D eigenvalue weighted by Crippen LogP contribution is 2.34. The average Bonchev–Trinajstić information content (AvgIpc) is 2.73. The number of unbranched alkanes of at least 4 members (excludes halogenated alkanes) is 1. The quantitative estimate of drug-likeness (QED) is 0.331. The van der Waals surface area contributed by atoms with Gasteiger partial charge in [0.2, 0.25) is 0 Å². The number of nitrogens with zero attached hydrogens (tertiary/aromatic N) is 1. The van der Waals surface area contributed by atoms with Gasteiger partial charge in [-0.25, -0.2) is 0 Å². The summed E-state index contributed by atoms with van der Waals surface area (Å²) >= 11 is 0. The first-order chi connectivity index (χ1) is 15.2. The number of rotatable bonds is 10. The number of hydrogen-bond acceptors (Lipinski definition) is 6. The molecule has 0 aromatic heterocycles. The zero-order chi connectivity index (χ0) is 23.3. The van der Waals surface area contributed by atoms with Gasteiger partial charge in [-0.3, -0.25) is 19.3 Å². The minimum Gasteiger partial charge on any atom is -0.460 e. The van der Waals surface area contributed by atoms with Gasteiger partial charge in [0.25, 0.3) is 11.8 Å². The summed E-state index contributed by atoms with van der Waals surface area (Å²) in [5.41, 5.74) is 1.52. The number of esters is 1. The third-order valence-corrected chi connectivity index (χ3v) is 5.28. The van der Waals surface area contributed by atoms with Gasteiger partial charge in [0.05, 0.1) is 6.42 Å². The highest BCUT2D eigenvalue weighted by Gasteiger charge is 2.32. The monoisotopic (exact) mass is 439 g/mol. The lowest BCUT2D eigenvalue weighted by Crippen LogP contribution is -2.44. The molecule has 2 aromatic carbocycles. The van der Waals surface area contributed by atoms with Crippen LogP contribution in [0.2, 0.25) is 0 Å². The minimum absolute atomic E-state index is 0.231. The lowest BCUT2D eigenvalue weighted by atomic mass is 9.93. The highest BCUT2D eigenvalue weighted by atomic mass is 16.6. The molecule has 0 saturated carbocycles. The second-order valence-electron chi connectivity index (χ2n) is 9.02. The Bertz CT molecular complexity index is 988. The Morgan fingerprint density at radius 2 is 1.72 bits per heavy atom. The Labute approximate surface area is 189 Å². The lowest BCUT2D eigenvalue weighted by molar-refractivity contribution is -0.154. The number of carbonyl (C=O) groups is 3. The summed E-state index contributed by atoms with van der Waals surface area (Å²) in [6.07, 6.45) is 2.37. The second kappa shape index (κ2) is 10.1. The minimum atomic E-state index is -0.510. The van der Waals surface area contributed by atoms with E-state index in [1.165, 1.54) is 4.90 Å². The summed E-state index contributed by atoms with van der Waals surface area (Å²) in [4.78, 5) is 39.3. The summed E-state index contributed by atoms with van der Waals surface area (Å²) in [6.45, 7) is 9.53. The number of ether oxygens (including phenoxy) is 1. The second-order valence-corrected chi connectivity index (χ2v) is 9.02. The molecule has 2 amide bonds. The van der Waals surface area contributed by atoms with Crippen molar-refractivity contribution in [1.82, 2.24) is 10.2 Å². The van der Waals surface area contributed by atoms with E-state index in [-0.39, 0.29) is 30.7 Å². The fraction of sp³-hybridized carbons (Fsp3) is 0.480. The van der Waals surface area contributed by atoms with Gasteiger partial charge in [-0.1, -0.05) is 25.5 Å². The molecule has 0 radical (unpaired) electrons. The van der Waals surface area contributed by atoms with E-state index in [0.29, 0.717) is 24.2 Å². The first-order valence-corrected chi connectivity index (χ1v) is 11.3. The zero-order valence-corrected chi connectivity index (χ0v) is 19.4. The summed E-state index contributed by atoms with van der Waals surface area (Å²) in [6, 6.07) is 9.31. The van der Waals surface area contributed by atoms with Crippen LogP contribution in [0, 0.1) is 0 Å². The van der Waals surface area contributed by atoms with Gasteiger partial charge in [-0.05, 0) is 45.4 Å². The number of hydrogen-bond donors (Lipinski definition) is 2. The van der Waals surface area contributed by atoms with E-state index in [1.54, 1.807) is 12.1 Å². The number of anilines is 1. The van der Waals surface area contributed by atoms with Crippen LogP contribution in [-0.4, -0.2) is 54.5 Å². The van der Waals surface area contributed by atoms with Gasteiger partial charge in [0.1, 0.15) is 5.60 Å². The predicted molar refractivity (Wildman–Crippen MR) is 126 cm³/mol. The van der Waals surface area contributed by atoms with Crippen LogP contribution in [0.5, 0.6) is 0 Å². The van der Waals surface area contributed by atoms with Gasteiger partial charge >= 0.3 is 5.97 Å². The number of benzene rings is 2. The van der Waals surface area contributed by atoms with E-state index >= 15 is 0 Å². The number of imide groups is 1. The summed E-state index contributed by atoms with van der Waals surface area (Å²) in [7, 11) is 0. The summed E-state index contributed by atoms with van der Waals surface area (Å²) in [5, 5.41) is 8.16. The molecule has 1 aliphatic rings. The molecule has 2 aromatic rings. The van der Waals surface area contributed by atoms with Crippen molar-refractivity contribution in [3.63, 3.8) is 0 Å². The molecule has 1 aliphatic heterocycles. The van der Waals surface area contributed by atoms with E-state index in [4.69, 9.17) is 4.74 Å². The van der Waals surface area contributed by atoms with Crippen molar-refractivity contribution < 1.29 is 19.1 Å². The van der Waals surface area contributed by atoms with Crippen LogP contribution in [0.3, 0.4) is 0 Å². The van der Waals surface area contributed by atoms with Gasteiger partial charge in [-0.15, -0.1) is 0 Å². The lowest BCUT2D eigenvalue weighted by Gasteiger charge is -2.28. The van der Waals surface area contributed by atoms with Crippen LogP contribution in [0.1, 0.15) is 67.7 Å². The molecule has 7 heteroatoms. The fourth-order valence-corrected chi connectivity index (χ4v) is 3.80. The number of carbonyl (C=O) groups excluding carboxylic acids is 3. The molecule has 0 spiro atoms. The largest absolute Gasteiger partial charge is 0.460 e. The first-order valence-electron chi connectivity index (χ1n) is 11.3. The van der Waals surface area contributed by atoms with Crippen molar-refractivity contribution in [2.45, 2.75) is 52.6 Å². The smallest absolute Gasteiger partial charge is 0.307 e. The number of nitrogens with one attached hydrogen (secondary N) is 2. The highest BCUT2D eigenvalue weighted by molar-refractivity contribution is 6.26. The Hall–Kier alpha value is -2.93. The third kappa shape index (κ3) is 5.46. The van der Waals surface area contributed by atoms with E-state index in [9.17, 15) is 14.4 Å². The molecule has 0 saturated heterocycles. The number of amides is 2. The molecule has 3 rings (SSSR count). The predicted octanol–water partition coefficient (Wildman–Crippen LogP) is 3.97. The average molecular weight is 440 g/mol. The molecular weight excluding hydrogens is 406 g/mol. The molecule has 7 nitrogen and oxygen atoms in total. The van der Waals surface area contributed by atoms with Gasteiger partial charge in [0, 0.05) is 53.8 Å². The van der Waals surface area contributed by atoms with E-state index in [0.717, 1.165) is 35.8 Å².